The van der Waals surface area contributed by atoms with E-state index in [-0.39, 0.29) is 17.6 Å². The molecule has 1 fully saturated rings. The molecular formula is C21H24ClN3O4. The standard InChI is InChI=1S/C21H24ClN3O4/c1-29-12-10-23-19-9-8-16(14-20(19)25(27)28)21(26)24-11-4-6-17(24)13-15-5-2-3-7-18(15)22/h2-3,5,7-9,14,17,23H,4,6,10-13H2,1H3. The molecule has 0 spiro atoms. The second-order valence-corrected chi connectivity index (χ2v) is 7.41. The van der Waals surface area contributed by atoms with Crippen LogP contribution in [0.25, 0.3) is 0 Å². The molecule has 29 heavy (non-hydrogen) atoms. The van der Waals surface area contributed by atoms with Crippen molar-refractivity contribution in [1.82, 2.24) is 4.90 Å². The molecule has 2 aromatic carbocycles. The summed E-state index contributed by atoms with van der Waals surface area (Å²) in [4.78, 5) is 25.9. The molecule has 1 unspecified atom stereocenters. The SMILES string of the molecule is COCCNc1ccc(C(=O)N2CCCC2Cc2ccccc2Cl)cc1[N+](=O)[O-]. The number of hydrogen-bond donors (Lipinski definition) is 1. The maximum atomic E-state index is 13.1. The van der Waals surface area contributed by atoms with Crippen molar-refractivity contribution in [3.8, 4) is 0 Å². The molecule has 1 aliphatic rings. The summed E-state index contributed by atoms with van der Waals surface area (Å²) in [6, 6.07) is 12.2. The van der Waals surface area contributed by atoms with Gasteiger partial charge in [-0.05, 0) is 43.0 Å². The Bertz CT molecular complexity index is 890. The highest BCUT2D eigenvalue weighted by atomic mass is 35.5. The fraction of sp³-hybridized carbons (Fsp3) is 0.381. The van der Waals surface area contributed by atoms with Gasteiger partial charge in [0.05, 0.1) is 11.5 Å². The zero-order valence-corrected chi connectivity index (χ0v) is 17.0. The number of carbonyl (C=O) groups excluding carboxylic acids is 1. The average Bonchev–Trinajstić information content (AvgIpc) is 3.17. The summed E-state index contributed by atoms with van der Waals surface area (Å²) in [6.07, 6.45) is 2.46. The minimum absolute atomic E-state index is 0.0287. The maximum absolute atomic E-state index is 13.1. The Morgan fingerprint density at radius 1 is 1.34 bits per heavy atom. The van der Waals surface area contributed by atoms with Crippen molar-refractivity contribution in [3.05, 3.63) is 68.7 Å². The lowest BCUT2D eigenvalue weighted by Crippen LogP contribution is -2.36. The number of likely N-dealkylation sites (tertiary alicyclic amines) is 1. The van der Waals surface area contributed by atoms with Crippen LogP contribution in [-0.4, -0.2) is 48.6 Å². The van der Waals surface area contributed by atoms with E-state index in [2.05, 4.69) is 5.32 Å². The van der Waals surface area contributed by atoms with Crippen LogP contribution in [0.4, 0.5) is 11.4 Å². The molecule has 1 aliphatic heterocycles. The molecule has 0 bridgehead atoms. The van der Waals surface area contributed by atoms with Crippen molar-refractivity contribution in [3.63, 3.8) is 0 Å². The number of nitrogens with zero attached hydrogens (tertiary/aromatic N) is 2. The Balaban J connectivity index is 1.78. The van der Waals surface area contributed by atoms with E-state index >= 15 is 0 Å². The largest absolute Gasteiger partial charge is 0.383 e. The zero-order valence-electron chi connectivity index (χ0n) is 16.3. The number of methoxy groups -OCH3 is 1. The Kier molecular flexibility index (Phi) is 7.06. The van der Waals surface area contributed by atoms with E-state index in [1.807, 2.05) is 24.3 Å². The monoisotopic (exact) mass is 417 g/mol. The summed E-state index contributed by atoms with van der Waals surface area (Å²) in [5, 5.41) is 15.1. The molecule has 3 rings (SSSR count). The molecule has 8 heteroatoms. The van der Waals surface area contributed by atoms with Crippen molar-refractivity contribution in [2.75, 3.05) is 32.1 Å². The van der Waals surface area contributed by atoms with Crippen molar-refractivity contribution >= 4 is 28.9 Å². The zero-order chi connectivity index (χ0) is 20.8. The van der Waals surface area contributed by atoms with Crippen LogP contribution in [0, 0.1) is 10.1 Å². The first-order chi connectivity index (χ1) is 14.0. The average molecular weight is 418 g/mol. The van der Waals surface area contributed by atoms with E-state index in [4.69, 9.17) is 16.3 Å². The lowest BCUT2D eigenvalue weighted by molar-refractivity contribution is -0.384. The molecule has 1 saturated heterocycles. The molecule has 0 radical (unpaired) electrons. The van der Waals surface area contributed by atoms with Crippen LogP contribution >= 0.6 is 11.6 Å². The molecule has 154 valence electrons. The van der Waals surface area contributed by atoms with Gasteiger partial charge in [0.15, 0.2) is 0 Å². The van der Waals surface area contributed by atoms with Crippen LogP contribution in [0.3, 0.4) is 0 Å². The number of amides is 1. The van der Waals surface area contributed by atoms with Gasteiger partial charge in [-0.15, -0.1) is 0 Å². The third kappa shape index (κ3) is 5.05. The van der Waals surface area contributed by atoms with Gasteiger partial charge < -0.3 is 15.0 Å². The smallest absolute Gasteiger partial charge is 0.293 e. The Hall–Kier alpha value is -2.64. The van der Waals surface area contributed by atoms with E-state index in [1.165, 1.54) is 6.07 Å². The summed E-state index contributed by atoms with van der Waals surface area (Å²) in [5.74, 6) is -0.189. The van der Waals surface area contributed by atoms with Gasteiger partial charge in [-0.1, -0.05) is 29.8 Å². The summed E-state index contributed by atoms with van der Waals surface area (Å²) in [7, 11) is 1.56. The van der Waals surface area contributed by atoms with Gasteiger partial charge in [-0.25, -0.2) is 0 Å². The minimum Gasteiger partial charge on any atom is -0.383 e. The molecule has 2 aromatic rings. The fourth-order valence-electron chi connectivity index (χ4n) is 3.65. The number of benzene rings is 2. The molecule has 7 nitrogen and oxygen atoms in total. The van der Waals surface area contributed by atoms with Crippen LogP contribution in [0.2, 0.25) is 5.02 Å². The lowest BCUT2D eigenvalue weighted by atomic mass is 10.0. The van der Waals surface area contributed by atoms with Crippen molar-refractivity contribution < 1.29 is 14.5 Å². The fourth-order valence-corrected chi connectivity index (χ4v) is 3.86. The lowest BCUT2D eigenvalue weighted by Gasteiger charge is -2.25. The number of nitro groups is 1. The van der Waals surface area contributed by atoms with Crippen LogP contribution in [-0.2, 0) is 11.2 Å². The summed E-state index contributed by atoms with van der Waals surface area (Å²) < 4.78 is 4.96. The highest BCUT2D eigenvalue weighted by Crippen LogP contribution is 2.29. The molecule has 0 aromatic heterocycles. The first-order valence-electron chi connectivity index (χ1n) is 9.57. The van der Waals surface area contributed by atoms with Gasteiger partial charge in [0, 0.05) is 42.9 Å². The maximum Gasteiger partial charge on any atom is 0.293 e. The summed E-state index contributed by atoms with van der Waals surface area (Å²) in [6.45, 7) is 1.50. The highest BCUT2D eigenvalue weighted by Gasteiger charge is 2.31. The van der Waals surface area contributed by atoms with Crippen LogP contribution in [0.1, 0.15) is 28.8 Å². The van der Waals surface area contributed by atoms with E-state index in [9.17, 15) is 14.9 Å². The van der Waals surface area contributed by atoms with Crippen molar-refractivity contribution in [2.45, 2.75) is 25.3 Å². The van der Waals surface area contributed by atoms with E-state index < -0.39 is 4.92 Å². The normalized spacial score (nSPS) is 16.1. The Labute approximate surface area is 174 Å². The number of nitro benzene ring substituents is 1. The second kappa shape index (κ2) is 9.71. The number of carbonyl (C=O) groups is 1. The third-order valence-electron chi connectivity index (χ3n) is 5.11. The molecule has 1 amide bonds. The predicted octanol–water partition coefficient (Wildman–Crippen LogP) is 4.15. The van der Waals surface area contributed by atoms with Crippen molar-refractivity contribution in [2.24, 2.45) is 0 Å². The van der Waals surface area contributed by atoms with E-state index in [0.717, 1.165) is 18.4 Å². The van der Waals surface area contributed by atoms with Crippen molar-refractivity contribution in [1.29, 1.82) is 0 Å². The molecule has 1 N–H and O–H groups in total. The number of halogens is 1. The number of rotatable bonds is 8. The van der Waals surface area contributed by atoms with E-state index in [1.54, 1.807) is 24.1 Å². The van der Waals surface area contributed by atoms with Crippen LogP contribution in [0.15, 0.2) is 42.5 Å². The highest BCUT2D eigenvalue weighted by molar-refractivity contribution is 6.31. The van der Waals surface area contributed by atoms with Gasteiger partial charge in [-0.3, -0.25) is 14.9 Å². The number of hydrogen-bond acceptors (Lipinski definition) is 5. The van der Waals surface area contributed by atoms with Crippen LogP contribution in [0.5, 0.6) is 0 Å². The first-order valence-corrected chi connectivity index (χ1v) is 9.94. The van der Waals surface area contributed by atoms with Crippen LogP contribution < -0.4 is 5.32 Å². The Morgan fingerprint density at radius 2 is 2.14 bits per heavy atom. The van der Waals surface area contributed by atoms with Gasteiger partial charge >= 0.3 is 0 Å². The summed E-state index contributed by atoms with van der Waals surface area (Å²) in [5.41, 5.74) is 1.58. The minimum atomic E-state index is -0.475. The Morgan fingerprint density at radius 3 is 2.86 bits per heavy atom. The predicted molar refractivity (Wildman–Crippen MR) is 113 cm³/mol. The van der Waals surface area contributed by atoms with Gasteiger partial charge in [-0.2, -0.15) is 0 Å². The van der Waals surface area contributed by atoms with E-state index in [0.29, 0.717) is 42.4 Å². The molecule has 0 aliphatic carbocycles. The number of nitrogens with one attached hydrogen (secondary N) is 1. The van der Waals surface area contributed by atoms with Gasteiger partial charge in [0.25, 0.3) is 11.6 Å². The molecule has 1 atom stereocenters. The van der Waals surface area contributed by atoms with Gasteiger partial charge in [0.2, 0.25) is 0 Å². The molecular weight excluding hydrogens is 394 g/mol. The number of ether oxygens (including phenoxy) is 1. The first kappa shape index (κ1) is 21.1. The quantitative estimate of drug-likeness (QED) is 0.396. The molecule has 0 saturated carbocycles. The topological polar surface area (TPSA) is 84.7 Å². The molecule has 1 heterocycles. The third-order valence-corrected chi connectivity index (χ3v) is 5.48. The summed E-state index contributed by atoms with van der Waals surface area (Å²) >= 11 is 6.28. The second-order valence-electron chi connectivity index (χ2n) is 7.00. The number of anilines is 1. The van der Waals surface area contributed by atoms with Gasteiger partial charge in [0.1, 0.15) is 5.69 Å².